The Morgan fingerprint density at radius 3 is 3.00 bits per heavy atom. The predicted octanol–water partition coefficient (Wildman–Crippen LogP) is -0.539. The number of carbonyl (C=O) groups is 2. The minimum absolute atomic E-state index is 0.180. The molecule has 0 saturated carbocycles. The van der Waals surface area contributed by atoms with Crippen LogP contribution in [0.25, 0.3) is 0 Å². The van der Waals surface area contributed by atoms with Crippen molar-refractivity contribution in [2.75, 3.05) is 18.4 Å². The third-order valence-electron chi connectivity index (χ3n) is 2.36. The van der Waals surface area contributed by atoms with Gasteiger partial charge in [-0.05, 0) is 12.1 Å². The standard InChI is InChI=1S/C11H13N3O3/c12-10(15)6-14-11(16)9-5-13-7-3-1-2-4-8(7)17-9/h1-4,9,13H,5-6H2,(H2,12,15)(H,14,16). The molecule has 2 rings (SSSR count). The maximum atomic E-state index is 11.6. The lowest BCUT2D eigenvalue weighted by Gasteiger charge is -2.26. The largest absolute Gasteiger partial charge is 0.477 e. The van der Waals surface area contributed by atoms with Crippen LogP contribution in [0.5, 0.6) is 5.75 Å². The van der Waals surface area contributed by atoms with Crippen molar-refractivity contribution < 1.29 is 14.3 Å². The molecule has 17 heavy (non-hydrogen) atoms. The Balaban J connectivity index is 1.97. The lowest BCUT2D eigenvalue weighted by atomic mass is 10.2. The molecule has 0 saturated heterocycles. The van der Waals surface area contributed by atoms with Gasteiger partial charge in [-0.25, -0.2) is 0 Å². The molecule has 0 aliphatic carbocycles. The van der Waals surface area contributed by atoms with Crippen molar-refractivity contribution in [3.05, 3.63) is 24.3 Å². The van der Waals surface area contributed by atoms with E-state index in [9.17, 15) is 9.59 Å². The van der Waals surface area contributed by atoms with Gasteiger partial charge >= 0.3 is 0 Å². The van der Waals surface area contributed by atoms with Crippen molar-refractivity contribution in [1.82, 2.24) is 5.32 Å². The van der Waals surface area contributed by atoms with E-state index in [1.807, 2.05) is 18.2 Å². The summed E-state index contributed by atoms with van der Waals surface area (Å²) in [5.74, 6) is -0.314. The average molecular weight is 235 g/mol. The normalized spacial score (nSPS) is 17.3. The minimum Gasteiger partial charge on any atom is -0.477 e. The molecule has 1 unspecified atom stereocenters. The number of hydrogen-bond acceptors (Lipinski definition) is 4. The highest BCUT2D eigenvalue weighted by Gasteiger charge is 2.25. The van der Waals surface area contributed by atoms with Gasteiger partial charge in [-0.3, -0.25) is 9.59 Å². The van der Waals surface area contributed by atoms with Gasteiger partial charge in [0.05, 0.1) is 18.8 Å². The van der Waals surface area contributed by atoms with Crippen LogP contribution in [-0.2, 0) is 9.59 Å². The molecule has 0 bridgehead atoms. The number of nitrogens with one attached hydrogen (secondary N) is 2. The Kier molecular flexibility index (Phi) is 3.13. The fourth-order valence-electron chi connectivity index (χ4n) is 1.55. The molecule has 1 heterocycles. The van der Waals surface area contributed by atoms with Gasteiger partial charge in [0.1, 0.15) is 5.75 Å². The van der Waals surface area contributed by atoms with E-state index in [0.29, 0.717) is 12.3 Å². The van der Waals surface area contributed by atoms with Gasteiger partial charge in [0.2, 0.25) is 5.91 Å². The second-order valence-corrected chi connectivity index (χ2v) is 3.67. The lowest BCUT2D eigenvalue weighted by Crippen LogP contribution is -2.46. The first-order valence-corrected chi connectivity index (χ1v) is 5.22. The number of anilines is 1. The number of rotatable bonds is 3. The maximum Gasteiger partial charge on any atom is 0.263 e. The zero-order valence-corrected chi connectivity index (χ0v) is 9.10. The number of fused-ring (bicyclic) bond motifs is 1. The van der Waals surface area contributed by atoms with Crippen LogP contribution in [0.15, 0.2) is 24.3 Å². The molecule has 1 aromatic rings. The first-order valence-electron chi connectivity index (χ1n) is 5.22. The molecular formula is C11H13N3O3. The molecule has 90 valence electrons. The zero-order valence-electron chi connectivity index (χ0n) is 9.10. The molecule has 1 aromatic carbocycles. The van der Waals surface area contributed by atoms with Crippen LogP contribution in [0.3, 0.4) is 0 Å². The van der Waals surface area contributed by atoms with E-state index in [0.717, 1.165) is 5.69 Å². The van der Waals surface area contributed by atoms with Gasteiger partial charge in [-0.1, -0.05) is 12.1 Å². The number of amides is 2. The number of hydrogen-bond donors (Lipinski definition) is 3. The molecule has 2 amide bonds. The van der Waals surface area contributed by atoms with Crippen LogP contribution in [0, 0.1) is 0 Å². The van der Waals surface area contributed by atoms with Gasteiger partial charge in [0.15, 0.2) is 6.10 Å². The van der Waals surface area contributed by atoms with Crippen molar-refractivity contribution in [1.29, 1.82) is 0 Å². The molecule has 1 aliphatic heterocycles. The molecule has 6 heteroatoms. The topological polar surface area (TPSA) is 93.5 Å². The van der Waals surface area contributed by atoms with E-state index in [1.165, 1.54) is 0 Å². The number of primary amides is 1. The third-order valence-corrected chi connectivity index (χ3v) is 2.36. The van der Waals surface area contributed by atoms with E-state index in [4.69, 9.17) is 10.5 Å². The molecule has 0 fully saturated rings. The van der Waals surface area contributed by atoms with E-state index in [1.54, 1.807) is 6.07 Å². The predicted molar refractivity (Wildman–Crippen MR) is 61.6 cm³/mol. The zero-order chi connectivity index (χ0) is 12.3. The molecule has 0 radical (unpaired) electrons. The first kappa shape index (κ1) is 11.3. The van der Waals surface area contributed by atoms with Gasteiger partial charge in [0, 0.05) is 0 Å². The number of ether oxygens (including phenoxy) is 1. The molecule has 4 N–H and O–H groups in total. The summed E-state index contributed by atoms with van der Waals surface area (Å²) < 4.78 is 5.50. The fourth-order valence-corrected chi connectivity index (χ4v) is 1.55. The van der Waals surface area contributed by atoms with Crippen LogP contribution in [0.2, 0.25) is 0 Å². The smallest absolute Gasteiger partial charge is 0.263 e. The van der Waals surface area contributed by atoms with Crippen molar-refractivity contribution >= 4 is 17.5 Å². The van der Waals surface area contributed by atoms with Gasteiger partial charge in [0.25, 0.3) is 5.91 Å². The Bertz CT molecular complexity index is 447. The highest BCUT2D eigenvalue weighted by molar-refractivity contribution is 5.87. The quantitative estimate of drug-likeness (QED) is 0.656. The molecule has 0 spiro atoms. The highest BCUT2D eigenvalue weighted by atomic mass is 16.5. The van der Waals surface area contributed by atoms with Gasteiger partial charge in [-0.2, -0.15) is 0 Å². The third kappa shape index (κ3) is 2.66. The molecule has 1 aliphatic rings. The number of benzene rings is 1. The van der Waals surface area contributed by atoms with E-state index < -0.39 is 12.0 Å². The van der Waals surface area contributed by atoms with E-state index in [2.05, 4.69) is 10.6 Å². The van der Waals surface area contributed by atoms with Crippen molar-refractivity contribution in [3.63, 3.8) is 0 Å². The Morgan fingerprint density at radius 1 is 1.47 bits per heavy atom. The lowest BCUT2D eigenvalue weighted by molar-refractivity contribution is -0.129. The summed E-state index contributed by atoms with van der Waals surface area (Å²) in [5.41, 5.74) is 5.79. The molecular weight excluding hydrogens is 222 g/mol. The summed E-state index contributed by atoms with van der Waals surface area (Å²) in [6, 6.07) is 7.34. The Morgan fingerprint density at radius 2 is 2.24 bits per heavy atom. The van der Waals surface area contributed by atoms with Crippen LogP contribution >= 0.6 is 0 Å². The van der Waals surface area contributed by atoms with Crippen LogP contribution < -0.4 is 21.1 Å². The van der Waals surface area contributed by atoms with Crippen LogP contribution in [0.1, 0.15) is 0 Å². The van der Waals surface area contributed by atoms with E-state index in [-0.39, 0.29) is 12.5 Å². The number of nitrogens with two attached hydrogens (primary N) is 1. The SMILES string of the molecule is NC(=O)CNC(=O)C1CNc2ccccc2O1. The van der Waals surface area contributed by atoms with Crippen molar-refractivity contribution in [3.8, 4) is 5.75 Å². The van der Waals surface area contributed by atoms with E-state index >= 15 is 0 Å². The minimum atomic E-state index is -0.649. The summed E-state index contributed by atoms with van der Waals surface area (Å²) in [4.78, 5) is 22.2. The van der Waals surface area contributed by atoms with Crippen LogP contribution in [-0.4, -0.2) is 31.0 Å². The monoisotopic (exact) mass is 235 g/mol. The number of carbonyl (C=O) groups excluding carboxylic acids is 2. The number of para-hydroxylation sites is 2. The Labute approximate surface area is 98.1 Å². The highest BCUT2D eigenvalue weighted by Crippen LogP contribution is 2.27. The summed E-state index contributed by atoms with van der Waals surface area (Å²) in [5, 5.41) is 5.48. The van der Waals surface area contributed by atoms with Crippen molar-refractivity contribution in [2.24, 2.45) is 5.73 Å². The Hall–Kier alpha value is -2.24. The van der Waals surface area contributed by atoms with Crippen LogP contribution in [0.4, 0.5) is 5.69 Å². The first-order chi connectivity index (χ1) is 8.16. The summed E-state index contributed by atoms with van der Waals surface area (Å²) >= 11 is 0. The average Bonchev–Trinajstić information content (AvgIpc) is 2.35. The second-order valence-electron chi connectivity index (χ2n) is 3.67. The summed E-state index contributed by atoms with van der Waals surface area (Å²) in [6.07, 6.45) is -0.649. The van der Waals surface area contributed by atoms with Gasteiger partial charge in [-0.15, -0.1) is 0 Å². The molecule has 1 atom stereocenters. The maximum absolute atomic E-state index is 11.6. The van der Waals surface area contributed by atoms with Gasteiger partial charge < -0.3 is 21.1 Å². The molecule has 6 nitrogen and oxygen atoms in total. The fraction of sp³-hybridized carbons (Fsp3) is 0.273. The second kappa shape index (κ2) is 4.73. The van der Waals surface area contributed by atoms with Crippen molar-refractivity contribution in [2.45, 2.75) is 6.10 Å². The summed E-state index contributed by atoms with van der Waals surface area (Å²) in [7, 11) is 0. The molecule has 0 aromatic heterocycles. The summed E-state index contributed by atoms with van der Waals surface area (Å²) in [6.45, 7) is 0.182.